The van der Waals surface area contributed by atoms with Gasteiger partial charge in [0.2, 0.25) is 5.91 Å². The van der Waals surface area contributed by atoms with E-state index in [0.29, 0.717) is 12.1 Å². The maximum Gasteiger partial charge on any atom is 0.408 e. The number of phenols is 1. The van der Waals surface area contributed by atoms with Crippen LogP contribution >= 0.6 is 0 Å². The molecule has 0 aromatic heterocycles. The van der Waals surface area contributed by atoms with E-state index >= 15 is 0 Å². The molecule has 0 aliphatic rings. The van der Waals surface area contributed by atoms with Crippen LogP contribution in [-0.2, 0) is 14.3 Å². The minimum Gasteiger partial charge on any atom is -0.508 e. The molecule has 0 bridgehead atoms. The van der Waals surface area contributed by atoms with Crippen LogP contribution < -0.4 is 10.6 Å². The quantitative estimate of drug-likeness (QED) is 0.316. The molecular weight excluding hydrogens is 398 g/mol. The third-order valence-corrected chi connectivity index (χ3v) is 4.28. The molecule has 0 saturated heterocycles. The highest BCUT2D eigenvalue weighted by Gasteiger charge is 2.34. The highest BCUT2D eigenvalue weighted by Crippen LogP contribution is 2.24. The smallest absolute Gasteiger partial charge is 0.408 e. The summed E-state index contributed by atoms with van der Waals surface area (Å²) in [6, 6.07) is 5.98. The maximum atomic E-state index is 13.0. The Morgan fingerprint density at radius 1 is 1.19 bits per heavy atom. The fraction of sp³-hybridized carbons (Fsp3) is 0.522. The Labute approximate surface area is 184 Å². The van der Waals surface area contributed by atoms with Crippen molar-refractivity contribution in [1.29, 1.82) is 0 Å². The van der Waals surface area contributed by atoms with E-state index in [-0.39, 0.29) is 5.75 Å². The third-order valence-electron chi connectivity index (χ3n) is 4.28. The molecule has 0 spiro atoms. The number of benzene rings is 1. The Morgan fingerprint density at radius 3 is 2.32 bits per heavy atom. The molecule has 1 aromatic carbocycles. The van der Waals surface area contributed by atoms with Gasteiger partial charge >= 0.3 is 6.09 Å². The van der Waals surface area contributed by atoms with E-state index in [1.807, 2.05) is 0 Å². The van der Waals surface area contributed by atoms with Crippen LogP contribution in [0.1, 0.15) is 65.5 Å². The first-order valence-electron chi connectivity index (χ1n) is 10.4. The summed E-state index contributed by atoms with van der Waals surface area (Å²) in [5.74, 6) is -1.07. The average molecular weight is 432 g/mol. The van der Waals surface area contributed by atoms with Crippen molar-refractivity contribution in [1.82, 2.24) is 15.5 Å². The van der Waals surface area contributed by atoms with Gasteiger partial charge in [-0.3, -0.25) is 14.5 Å². The minimum atomic E-state index is -1.12. The van der Waals surface area contributed by atoms with E-state index in [1.165, 1.54) is 31.2 Å². The summed E-state index contributed by atoms with van der Waals surface area (Å²) in [5, 5.41) is 14.8. The third kappa shape index (κ3) is 8.59. The summed E-state index contributed by atoms with van der Waals surface area (Å²) in [5.41, 5.74) is -0.299. The highest BCUT2D eigenvalue weighted by atomic mass is 16.6. The standard InChI is InChI=1S/C23H33N3O5/c1-7-9-10-15-24-20(28)19(17-11-13-18(27)14-12-17)26(8-2)21(29)16(3)25-22(30)31-23(4,5)6/h2,11-14,16,19,27H,7,9-10,15H2,1,3-6H3,(H,24,28)(H,25,30). The molecule has 2 atom stereocenters. The number of nitrogens with zero attached hydrogens (tertiary/aromatic N) is 1. The Morgan fingerprint density at radius 2 is 1.81 bits per heavy atom. The van der Waals surface area contributed by atoms with Crippen LogP contribution in [0.2, 0.25) is 0 Å². The van der Waals surface area contributed by atoms with Crippen LogP contribution in [0.3, 0.4) is 0 Å². The molecule has 31 heavy (non-hydrogen) atoms. The number of aromatic hydroxyl groups is 1. The van der Waals surface area contributed by atoms with Crippen molar-refractivity contribution < 1.29 is 24.2 Å². The first-order valence-corrected chi connectivity index (χ1v) is 10.4. The molecule has 8 heteroatoms. The van der Waals surface area contributed by atoms with Gasteiger partial charge in [0.1, 0.15) is 23.4 Å². The van der Waals surface area contributed by atoms with Crippen molar-refractivity contribution in [2.45, 2.75) is 71.6 Å². The summed E-state index contributed by atoms with van der Waals surface area (Å²) < 4.78 is 5.17. The maximum absolute atomic E-state index is 13.0. The molecule has 0 aliphatic heterocycles. The van der Waals surface area contributed by atoms with Gasteiger partial charge in [0.05, 0.1) is 0 Å². The molecule has 1 rings (SSSR count). The first kappa shape index (κ1) is 25.8. The van der Waals surface area contributed by atoms with Crippen LogP contribution in [0.5, 0.6) is 5.75 Å². The number of nitrogens with one attached hydrogen (secondary N) is 2. The van der Waals surface area contributed by atoms with Crippen LogP contribution in [0, 0.1) is 12.5 Å². The molecule has 170 valence electrons. The first-order chi connectivity index (χ1) is 14.5. The number of hydrogen-bond donors (Lipinski definition) is 3. The van der Waals surface area contributed by atoms with Gasteiger partial charge in [0.15, 0.2) is 0 Å². The topological polar surface area (TPSA) is 108 Å². The molecule has 3 amide bonds. The van der Waals surface area contributed by atoms with Crippen LogP contribution in [-0.4, -0.2) is 46.1 Å². The second-order valence-corrected chi connectivity index (χ2v) is 8.20. The molecule has 0 radical (unpaired) electrons. The largest absolute Gasteiger partial charge is 0.508 e. The van der Waals surface area contributed by atoms with E-state index in [0.717, 1.165) is 24.2 Å². The number of ether oxygens (including phenoxy) is 1. The minimum absolute atomic E-state index is 0.0180. The average Bonchev–Trinajstić information content (AvgIpc) is 2.68. The van der Waals surface area contributed by atoms with E-state index in [4.69, 9.17) is 11.2 Å². The van der Waals surface area contributed by atoms with Gasteiger partial charge in [-0.25, -0.2) is 4.79 Å². The highest BCUT2D eigenvalue weighted by molar-refractivity contribution is 5.93. The predicted molar refractivity (Wildman–Crippen MR) is 118 cm³/mol. The number of rotatable bonds is 9. The molecule has 1 aromatic rings. The summed E-state index contributed by atoms with van der Waals surface area (Å²) >= 11 is 0. The summed E-state index contributed by atoms with van der Waals surface area (Å²) in [4.78, 5) is 39.0. The van der Waals surface area contributed by atoms with Crippen molar-refractivity contribution in [3.63, 3.8) is 0 Å². The molecule has 0 saturated carbocycles. The summed E-state index contributed by atoms with van der Waals surface area (Å²) in [6.07, 6.45) is 7.59. The van der Waals surface area contributed by atoms with Crippen molar-refractivity contribution in [3.05, 3.63) is 29.8 Å². The molecule has 3 N–H and O–H groups in total. The van der Waals surface area contributed by atoms with Gasteiger partial charge in [-0.1, -0.05) is 38.3 Å². The summed E-state index contributed by atoms with van der Waals surface area (Å²) in [6.45, 7) is 9.08. The Hall–Kier alpha value is -3.21. The lowest BCUT2D eigenvalue weighted by Crippen LogP contribution is -2.50. The molecule has 0 heterocycles. The number of amides is 3. The predicted octanol–water partition coefficient (Wildman–Crippen LogP) is 3.07. The number of carbonyl (C=O) groups excluding carboxylic acids is 3. The Balaban J connectivity index is 3.08. The van der Waals surface area contributed by atoms with Gasteiger partial charge in [0.25, 0.3) is 5.91 Å². The van der Waals surface area contributed by atoms with Crippen LogP contribution in [0.15, 0.2) is 24.3 Å². The van der Waals surface area contributed by atoms with Gasteiger partial charge in [-0.2, -0.15) is 0 Å². The lowest BCUT2D eigenvalue weighted by Gasteiger charge is -2.29. The monoisotopic (exact) mass is 431 g/mol. The number of carbonyl (C=O) groups is 3. The van der Waals surface area contributed by atoms with Crippen LogP contribution in [0.4, 0.5) is 4.79 Å². The normalized spacial score (nSPS) is 12.8. The Kier molecular flexibility index (Phi) is 9.87. The lowest BCUT2D eigenvalue weighted by atomic mass is 10.0. The van der Waals surface area contributed by atoms with E-state index in [1.54, 1.807) is 20.8 Å². The lowest BCUT2D eigenvalue weighted by molar-refractivity contribution is -0.138. The van der Waals surface area contributed by atoms with Gasteiger partial charge in [-0.05, 0) is 51.8 Å². The second kappa shape index (κ2) is 11.8. The van der Waals surface area contributed by atoms with Crippen molar-refractivity contribution in [3.8, 4) is 18.2 Å². The number of unbranched alkanes of at least 4 members (excludes halogenated alkanes) is 2. The number of hydrogen-bond acceptors (Lipinski definition) is 5. The van der Waals surface area contributed by atoms with E-state index in [9.17, 15) is 19.5 Å². The SMILES string of the molecule is C#CN(C(=O)C(C)NC(=O)OC(C)(C)C)C(C(=O)NCCCCC)c1ccc(O)cc1. The van der Waals surface area contributed by atoms with E-state index in [2.05, 4.69) is 23.6 Å². The number of terminal acetylenes is 1. The van der Waals surface area contributed by atoms with Crippen LogP contribution in [0.25, 0.3) is 0 Å². The van der Waals surface area contributed by atoms with Gasteiger partial charge in [-0.15, -0.1) is 0 Å². The van der Waals surface area contributed by atoms with Gasteiger partial charge < -0.3 is 20.5 Å². The Bertz CT molecular complexity index is 793. The zero-order valence-electron chi connectivity index (χ0n) is 18.9. The summed E-state index contributed by atoms with van der Waals surface area (Å²) in [7, 11) is 0. The van der Waals surface area contributed by atoms with Crippen molar-refractivity contribution >= 4 is 17.9 Å². The van der Waals surface area contributed by atoms with Crippen molar-refractivity contribution in [2.24, 2.45) is 0 Å². The second-order valence-electron chi connectivity index (χ2n) is 8.20. The number of phenolic OH excluding ortho intramolecular Hbond substituents is 1. The fourth-order valence-corrected chi connectivity index (χ4v) is 2.78. The fourth-order valence-electron chi connectivity index (χ4n) is 2.78. The molecule has 0 aliphatic carbocycles. The molecule has 0 fully saturated rings. The zero-order valence-corrected chi connectivity index (χ0v) is 18.9. The molecule has 2 unspecified atom stereocenters. The molecular formula is C23H33N3O5. The zero-order chi connectivity index (χ0) is 23.6. The van der Waals surface area contributed by atoms with Gasteiger partial charge in [0, 0.05) is 12.6 Å². The van der Waals surface area contributed by atoms with Crippen molar-refractivity contribution in [2.75, 3.05) is 6.54 Å². The number of alkyl carbamates (subject to hydrolysis) is 1. The molecule has 8 nitrogen and oxygen atoms in total. The van der Waals surface area contributed by atoms with E-state index < -0.39 is 35.6 Å².